The van der Waals surface area contributed by atoms with Gasteiger partial charge in [0.15, 0.2) is 6.10 Å². The Kier molecular flexibility index (Phi) is 5.36. The van der Waals surface area contributed by atoms with Crippen LogP contribution >= 0.6 is 0 Å². The first-order valence-corrected chi connectivity index (χ1v) is 8.25. The van der Waals surface area contributed by atoms with Crippen LogP contribution < -0.4 is 20.3 Å². The summed E-state index contributed by atoms with van der Waals surface area (Å²) < 4.78 is 23.8. The molecule has 2 N–H and O–H groups in total. The van der Waals surface area contributed by atoms with E-state index in [1.165, 1.54) is 31.2 Å². The number of hydrazine groups is 1. The van der Waals surface area contributed by atoms with Crippen LogP contribution in [0.25, 0.3) is 0 Å². The summed E-state index contributed by atoms with van der Waals surface area (Å²) in [6, 6.07) is 12.9. The van der Waals surface area contributed by atoms with Crippen molar-refractivity contribution in [2.75, 3.05) is 6.61 Å². The molecule has 0 aliphatic carbocycles. The van der Waals surface area contributed by atoms with Gasteiger partial charge in [-0.3, -0.25) is 20.4 Å². The second-order valence-electron chi connectivity index (χ2n) is 6.01. The minimum Gasteiger partial charge on any atom is -0.492 e. The Morgan fingerprint density at radius 3 is 2.65 bits per heavy atom. The van der Waals surface area contributed by atoms with E-state index in [2.05, 4.69) is 10.9 Å². The van der Waals surface area contributed by atoms with E-state index in [0.29, 0.717) is 12.2 Å². The number of benzene rings is 2. The maximum atomic E-state index is 12.9. The van der Waals surface area contributed by atoms with E-state index in [4.69, 9.17) is 9.47 Å². The summed E-state index contributed by atoms with van der Waals surface area (Å²) in [5, 5.41) is 0. The zero-order chi connectivity index (χ0) is 18.5. The van der Waals surface area contributed by atoms with Crippen molar-refractivity contribution in [2.45, 2.75) is 19.4 Å². The zero-order valence-corrected chi connectivity index (χ0v) is 14.2. The van der Waals surface area contributed by atoms with Gasteiger partial charge in [0.25, 0.3) is 5.91 Å². The van der Waals surface area contributed by atoms with Gasteiger partial charge in [-0.15, -0.1) is 0 Å². The number of ether oxygens (including phenoxy) is 2. The molecule has 0 saturated heterocycles. The Balaban J connectivity index is 1.48. The van der Waals surface area contributed by atoms with Crippen LogP contribution in [0.1, 0.15) is 12.5 Å². The molecule has 26 heavy (non-hydrogen) atoms. The van der Waals surface area contributed by atoms with Crippen LogP contribution in [0.15, 0.2) is 48.5 Å². The zero-order valence-electron chi connectivity index (χ0n) is 14.2. The highest BCUT2D eigenvalue weighted by molar-refractivity contribution is 5.85. The number of amides is 2. The summed E-state index contributed by atoms with van der Waals surface area (Å²) in [6.45, 7) is 1.78. The summed E-state index contributed by atoms with van der Waals surface area (Å²) >= 11 is 0. The van der Waals surface area contributed by atoms with Crippen molar-refractivity contribution in [2.24, 2.45) is 5.92 Å². The second kappa shape index (κ2) is 7.86. The lowest BCUT2D eigenvalue weighted by molar-refractivity contribution is -0.134. The summed E-state index contributed by atoms with van der Waals surface area (Å²) in [6.07, 6.45) is -0.316. The molecule has 0 aromatic heterocycles. The summed E-state index contributed by atoms with van der Waals surface area (Å²) in [7, 11) is 0. The number of rotatable bonds is 4. The van der Waals surface area contributed by atoms with Crippen molar-refractivity contribution in [3.8, 4) is 11.5 Å². The summed E-state index contributed by atoms with van der Waals surface area (Å²) in [4.78, 5) is 24.3. The molecule has 2 amide bonds. The van der Waals surface area contributed by atoms with E-state index < -0.39 is 23.7 Å². The van der Waals surface area contributed by atoms with E-state index in [-0.39, 0.29) is 12.5 Å². The van der Waals surface area contributed by atoms with Crippen molar-refractivity contribution in [1.82, 2.24) is 10.9 Å². The Morgan fingerprint density at radius 1 is 1.15 bits per heavy atom. The Hall–Kier alpha value is -3.09. The quantitative estimate of drug-likeness (QED) is 0.820. The van der Waals surface area contributed by atoms with Gasteiger partial charge in [0.1, 0.15) is 23.9 Å². The molecule has 2 atom stereocenters. The van der Waals surface area contributed by atoms with Gasteiger partial charge in [0, 0.05) is 0 Å². The lowest BCUT2D eigenvalue weighted by Gasteiger charge is -2.24. The number of fused-ring (bicyclic) bond motifs is 1. The average Bonchev–Trinajstić information content (AvgIpc) is 2.67. The Morgan fingerprint density at radius 2 is 1.88 bits per heavy atom. The van der Waals surface area contributed by atoms with E-state index in [0.717, 1.165) is 11.3 Å². The van der Waals surface area contributed by atoms with Gasteiger partial charge in [-0.2, -0.15) is 0 Å². The third-order valence-corrected chi connectivity index (χ3v) is 4.05. The van der Waals surface area contributed by atoms with Crippen LogP contribution in [0, 0.1) is 11.7 Å². The van der Waals surface area contributed by atoms with Gasteiger partial charge in [0.05, 0.1) is 5.92 Å². The van der Waals surface area contributed by atoms with Crippen molar-refractivity contribution in [1.29, 1.82) is 0 Å². The lowest BCUT2D eigenvalue weighted by Crippen LogP contribution is -2.50. The van der Waals surface area contributed by atoms with Crippen LogP contribution in [0.5, 0.6) is 11.5 Å². The van der Waals surface area contributed by atoms with Crippen molar-refractivity contribution < 1.29 is 23.5 Å². The number of carbonyl (C=O) groups excluding carboxylic acids is 2. The standard InChI is InChI=1S/C19H19FN2O4/c1-12(26-16-8-6-15(20)7-9-16)18(23)21-22-19(24)14-10-13-4-2-3-5-17(13)25-11-14/h2-9,12,14H,10-11H2,1H3,(H,21,23)(H,22,24). The highest BCUT2D eigenvalue weighted by Gasteiger charge is 2.26. The molecule has 1 heterocycles. The molecule has 136 valence electrons. The molecular weight excluding hydrogens is 339 g/mol. The van der Waals surface area contributed by atoms with Crippen LogP contribution in [0.3, 0.4) is 0 Å². The lowest BCUT2D eigenvalue weighted by atomic mass is 9.96. The molecular formula is C19H19FN2O4. The van der Waals surface area contributed by atoms with Gasteiger partial charge in [-0.05, 0) is 49.2 Å². The number of hydrogen-bond donors (Lipinski definition) is 2. The Bertz CT molecular complexity index is 794. The fourth-order valence-corrected chi connectivity index (χ4v) is 2.59. The van der Waals surface area contributed by atoms with Crippen molar-refractivity contribution >= 4 is 11.8 Å². The van der Waals surface area contributed by atoms with E-state index in [9.17, 15) is 14.0 Å². The highest BCUT2D eigenvalue weighted by Crippen LogP contribution is 2.26. The summed E-state index contributed by atoms with van der Waals surface area (Å²) in [5.74, 6) is -0.488. The number of hydrogen-bond acceptors (Lipinski definition) is 4. The normalized spacial score (nSPS) is 16.6. The van der Waals surface area contributed by atoms with E-state index in [1.807, 2.05) is 24.3 Å². The maximum absolute atomic E-state index is 12.9. The molecule has 6 nitrogen and oxygen atoms in total. The maximum Gasteiger partial charge on any atom is 0.279 e. The number of carbonyl (C=O) groups is 2. The number of para-hydroxylation sites is 1. The molecule has 0 bridgehead atoms. The highest BCUT2D eigenvalue weighted by atomic mass is 19.1. The first-order valence-electron chi connectivity index (χ1n) is 8.25. The van der Waals surface area contributed by atoms with Crippen LogP contribution in [-0.4, -0.2) is 24.5 Å². The molecule has 0 fully saturated rings. The molecule has 1 aliphatic heterocycles. The Labute approximate surface area is 150 Å². The van der Waals surface area contributed by atoms with Gasteiger partial charge in [-0.25, -0.2) is 4.39 Å². The molecule has 2 aromatic carbocycles. The number of nitrogens with one attached hydrogen (secondary N) is 2. The largest absolute Gasteiger partial charge is 0.492 e. The fourth-order valence-electron chi connectivity index (χ4n) is 2.59. The average molecular weight is 358 g/mol. The number of halogens is 1. The predicted molar refractivity (Wildman–Crippen MR) is 91.9 cm³/mol. The fraction of sp³-hybridized carbons (Fsp3) is 0.263. The minimum atomic E-state index is -0.857. The topological polar surface area (TPSA) is 76.7 Å². The van der Waals surface area contributed by atoms with E-state index >= 15 is 0 Å². The third-order valence-electron chi connectivity index (χ3n) is 4.05. The monoisotopic (exact) mass is 358 g/mol. The smallest absolute Gasteiger partial charge is 0.279 e. The van der Waals surface area contributed by atoms with Crippen LogP contribution in [-0.2, 0) is 16.0 Å². The van der Waals surface area contributed by atoms with Crippen LogP contribution in [0.2, 0.25) is 0 Å². The van der Waals surface area contributed by atoms with E-state index in [1.54, 1.807) is 0 Å². The van der Waals surface area contributed by atoms with Gasteiger partial charge in [-0.1, -0.05) is 18.2 Å². The second-order valence-corrected chi connectivity index (χ2v) is 6.01. The predicted octanol–water partition coefficient (Wildman–Crippen LogP) is 1.99. The van der Waals surface area contributed by atoms with Gasteiger partial charge >= 0.3 is 0 Å². The molecule has 0 saturated carbocycles. The van der Waals surface area contributed by atoms with Gasteiger partial charge in [0.2, 0.25) is 5.91 Å². The van der Waals surface area contributed by atoms with Crippen molar-refractivity contribution in [3.05, 3.63) is 59.9 Å². The molecule has 0 spiro atoms. The van der Waals surface area contributed by atoms with Gasteiger partial charge < -0.3 is 9.47 Å². The molecule has 2 unspecified atom stereocenters. The third kappa shape index (κ3) is 4.30. The summed E-state index contributed by atoms with van der Waals surface area (Å²) in [5.41, 5.74) is 5.70. The van der Waals surface area contributed by atoms with Crippen molar-refractivity contribution in [3.63, 3.8) is 0 Å². The SMILES string of the molecule is CC(Oc1ccc(F)cc1)C(=O)NNC(=O)C1COc2ccccc2C1. The van der Waals surface area contributed by atoms with Crippen LogP contribution in [0.4, 0.5) is 4.39 Å². The molecule has 3 rings (SSSR count). The molecule has 0 radical (unpaired) electrons. The molecule has 1 aliphatic rings. The molecule has 7 heteroatoms. The first-order chi connectivity index (χ1) is 12.5. The first kappa shape index (κ1) is 17.7. The molecule has 2 aromatic rings. The minimum absolute atomic E-state index is 0.250.